The molecule has 3 aromatic rings. The van der Waals surface area contributed by atoms with Gasteiger partial charge in [-0.15, -0.1) is 0 Å². The van der Waals surface area contributed by atoms with Gasteiger partial charge >= 0.3 is 0 Å². The molecule has 164 valence electrons. The number of phenolic OH excluding ortho intramolecular Hbond substituents is 1. The van der Waals surface area contributed by atoms with E-state index in [2.05, 4.69) is 46.2 Å². The van der Waals surface area contributed by atoms with Gasteiger partial charge in [0.05, 0.1) is 5.69 Å². The Balaban J connectivity index is 1.57. The second-order valence-corrected chi connectivity index (χ2v) is 10.1. The highest BCUT2D eigenvalue weighted by molar-refractivity contribution is 5.84. The van der Waals surface area contributed by atoms with Crippen LogP contribution in [0.5, 0.6) is 5.75 Å². The highest BCUT2D eigenvalue weighted by Crippen LogP contribution is 2.43. The summed E-state index contributed by atoms with van der Waals surface area (Å²) in [5.74, 6) is 0.148. The maximum Gasteiger partial charge on any atom is 0.182 e. The lowest BCUT2D eigenvalue weighted by molar-refractivity contribution is 0.0181. The molecule has 2 fully saturated rings. The summed E-state index contributed by atoms with van der Waals surface area (Å²) in [6.07, 6.45) is 2.59. The van der Waals surface area contributed by atoms with E-state index in [1.54, 1.807) is 6.07 Å². The van der Waals surface area contributed by atoms with Gasteiger partial charge in [-0.2, -0.15) is 5.10 Å². The molecular formula is C24H30FN5O. The molecule has 3 heterocycles. The van der Waals surface area contributed by atoms with E-state index < -0.39 is 5.82 Å². The second kappa shape index (κ2) is 7.00. The van der Waals surface area contributed by atoms with E-state index in [0.29, 0.717) is 16.9 Å². The highest BCUT2D eigenvalue weighted by Gasteiger charge is 2.48. The Bertz CT molecular complexity index is 1150. The summed E-state index contributed by atoms with van der Waals surface area (Å²) in [7, 11) is 0. The lowest BCUT2D eigenvalue weighted by atomic mass is 9.86. The third-order valence-electron chi connectivity index (χ3n) is 7.15. The summed E-state index contributed by atoms with van der Waals surface area (Å²) >= 11 is 0. The molecule has 1 aliphatic carbocycles. The number of aromatic nitrogens is 3. The van der Waals surface area contributed by atoms with Crippen molar-refractivity contribution in [2.75, 3.05) is 13.1 Å². The first-order chi connectivity index (χ1) is 14.7. The molecule has 2 aromatic heterocycles. The molecule has 0 amide bonds. The van der Waals surface area contributed by atoms with Crippen LogP contribution in [0.3, 0.4) is 0 Å². The van der Waals surface area contributed by atoms with Gasteiger partial charge in [0.25, 0.3) is 0 Å². The van der Waals surface area contributed by atoms with E-state index >= 15 is 0 Å². The van der Waals surface area contributed by atoms with Crippen LogP contribution in [-0.2, 0) is 6.54 Å². The fourth-order valence-electron chi connectivity index (χ4n) is 4.91. The lowest BCUT2D eigenvalue weighted by Gasteiger charge is -2.51. The average molecular weight is 424 g/mol. The van der Waals surface area contributed by atoms with E-state index in [1.807, 2.05) is 13.0 Å². The number of aromatic hydroxyl groups is 1. The zero-order valence-corrected chi connectivity index (χ0v) is 18.6. The van der Waals surface area contributed by atoms with Gasteiger partial charge in [0.2, 0.25) is 0 Å². The van der Waals surface area contributed by atoms with Crippen molar-refractivity contribution in [1.82, 2.24) is 25.4 Å². The molecule has 1 aliphatic heterocycles. The Morgan fingerprint density at radius 3 is 2.71 bits per heavy atom. The molecule has 7 heteroatoms. The van der Waals surface area contributed by atoms with Crippen LogP contribution in [0.2, 0.25) is 0 Å². The standard InChI is InChI=1S/C24H30FN5O/c1-14-21-15(11-30-13-24(4,16-5-6-16)26-12-23(30,2)3)9-20(27-22(21)29-28-14)18-8-7-17(31)10-19(18)25/h7-10,16,26,31H,5-6,11-13H2,1-4H3,(H,27,28,29)/t24-/m0/s1. The molecule has 1 saturated carbocycles. The minimum atomic E-state index is -0.492. The number of fused-ring (bicyclic) bond motifs is 1. The normalized spacial score (nSPS) is 24.0. The van der Waals surface area contributed by atoms with Gasteiger partial charge in [-0.1, -0.05) is 0 Å². The molecular weight excluding hydrogens is 393 g/mol. The van der Waals surface area contributed by atoms with Crippen LogP contribution in [0, 0.1) is 18.7 Å². The van der Waals surface area contributed by atoms with Gasteiger partial charge in [-0.25, -0.2) is 9.37 Å². The molecule has 0 bridgehead atoms. The van der Waals surface area contributed by atoms with Crippen molar-refractivity contribution in [3.63, 3.8) is 0 Å². The number of hydrogen-bond acceptors (Lipinski definition) is 5. The molecule has 5 rings (SSSR count). The SMILES string of the molecule is Cc1[nH]nc2nc(-c3ccc(O)cc3F)cc(CN3C[C@@](C)(C4CC4)NCC3(C)C)c12. The van der Waals surface area contributed by atoms with Crippen LogP contribution < -0.4 is 5.32 Å². The molecule has 1 aromatic carbocycles. The van der Waals surface area contributed by atoms with Crippen LogP contribution in [0.4, 0.5) is 4.39 Å². The number of phenols is 1. The third kappa shape index (κ3) is 3.59. The zero-order valence-electron chi connectivity index (χ0n) is 18.6. The van der Waals surface area contributed by atoms with Crippen LogP contribution in [0.1, 0.15) is 44.9 Å². The van der Waals surface area contributed by atoms with Crippen LogP contribution in [0.15, 0.2) is 24.3 Å². The summed E-state index contributed by atoms with van der Waals surface area (Å²) < 4.78 is 14.6. The number of aromatic amines is 1. The summed E-state index contributed by atoms with van der Waals surface area (Å²) in [4.78, 5) is 7.16. The van der Waals surface area contributed by atoms with Crippen molar-refractivity contribution in [2.45, 2.75) is 58.2 Å². The maximum atomic E-state index is 14.6. The smallest absolute Gasteiger partial charge is 0.182 e. The quantitative estimate of drug-likeness (QED) is 0.588. The van der Waals surface area contributed by atoms with Crippen molar-refractivity contribution in [3.8, 4) is 17.0 Å². The molecule has 0 radical (unpaired) electrons. The maximum absolute atomic E-state index is 14.6. The summed E-state index contributed by atoms with van der Waals surface area (Å²) in [5.41, 5.74) is 3.66. The number of nitrogens with zero attached hydrogens (tertiary/aromatic N) is 3. The largest absolute Gasteiger partial charge is 0.508 e. The van der Waals surface area contributed by atoms with Crippen molar-refractivity contribution >= 4 is 11.0 Å². The molecule has 0 spiro atoms. The fraction of sp³-hybridized carbons (Fsp3) is 0.500. The van der Waals surface area contributed by atoms with Crippen molar-refractivity contribution in [2.24, 2.45) is 5.92 Å². The molecule has 31 heavy (non-hydrogen) atoms. The summed E-state index contributed by atoms with van der Waals surface area (Å²) in [6.45, 7) is 11.5. The number of aryl methyl sites for hydroxylation is 1. The average Bonchev–Trinajstić information content (AvgIpc) is 3.50. The number of pyridine rings is 1. The van der Waals surface area contributed by atoms with Gasteiger partial charge < -0.3 is 10.4 Å². The molecule has 1 atom stereocenters. The number of rotatable bonds is 4. The molecule has 3 N–H and O–H groups in total. The van der Waals surface area contributed by atoms with Crippen molar-refractivity contribution in [3.05, 3.63) is 41.3 Å². The molecule has 0 unspecified atom stereocenters. The van der Waals surface area contributed by atoms with Gasteiger partial charge in [0.15, 0.2) is 5.65 Å². The zero-order chi connectivity index (χ0) is 22.0. The predicted octanol–water partition coefficient (Wildman–Crippen LogP) is 4.13. The number of hydrogen-bond donors (Lipinski definition) is 3. The minimum absolute atomic E-state index is 0.00835. The van der Waals surface area contributed by atoms with E-state index in [-0.39, 0.29) is 16.8 Å². The van der Waals surface area contributed by atoms with Crippen molar-refractivity contribution < 1.29 is 9.50 Å². The van der Waals surface area contributed by atoms with E-state index in [4.69, 9.17) is 0 Å². The fourth-order valence-corrected chi connectivity index (χ4v) is 4.91. The number of H-pyrrole nitrogens is 1. The first kappa shape index (κ1) is 20.4. The monoisotopic (exact) mass is 423 g/mol. The Labute approximate surface area is 181 Å². The van der Waals surface area contributed by atoms with Crippen LogP contribution in [-0.4, -0.2) is 49.4 Å². The molecule has 6 nitrogen and oxygen atoms in total. The van der Waals surface area contributed by atoms with E-state index in [0.717, 1.165) is 48.3 Å². The van der Waals surface area contributed by atoms with Gasteiger partial charge in [-0.05, 0) is 70.2 Å². The van der Waals surface area contributed by atoms with Crippen LogP contribution in [0.25, 0.3) is 22.3 Å². The number of benzene rings is 1. The predicted molar refractivity (Wildman–Crippen MR) is 119 cm³/mol. The first-order valence-electron chi connectivity index (χ1n) is 11.0. The Morgan fingerprint density at radius 2 is 2.00 bits per heavy atom. The van der Waals surface area contributed by atoms with E-state index in [1.165, 1.54) is 18.9 Å². The van der Waals surface area contributed by atoms with Gasteiger partial charge in [0, 0.05) is 53.4 Å². The topological polar surface area (TPSA) is 77.1 Å². The van der Waals surface area contributed by atoms with Gasteiger partial charge in [-0.3, -0.25) is 10.00 Å². The van der Waals surface area contributed by atoms with Crippen molar-refractivity contribution in [1.29, 1.82) is 0 Å². The Kier molecular flexibility index (Phi) is 4.61. The summed E-state index contributed by atoms with van der Waals surface area (Å²) in [6, 6.07) is 6.16. The number of nitrogens with one attached hydrogen (secondary N) is 2. The van der Waals surface area contributed by atoms with Crippen LogP contribution >= 0.6 is 0 Å². The molecule has 2 aliphatic rings. The Hall–Kier alpha value is -2.51. The highest BCUT2D eigenvalue weighted by atomic mass is 19.1. The first-order valence-corrected chi connectivity index (χ1v) is 11.0. The lowest BCUT2D eigenvalue weighted by Crippen LogP contribution is -2.67. The summed E-state index contributed by atoms with van der Waals surface area (Å²) in [5, 5.41) is 21.8. The minimum Gasteiger partial charge on any atom is -0.508 e. The number of halogens is 1. The number of piperazine rings is 1. The molecule has 1 saturated heterocycles. The van der Waals surface area contributed by atoms with E-state index in [9.17, 15) is 9.50 Å². The Morgan fingerprint density at radius 1 is 1.23 bits per heavy atom. The van der Waals surface area contributed by atoms with Gasteiger partial charge in [0.1, 0.15) is 11.6 Å². The third-order valence-corrected chi connectivity index (χ3v) is 7.15. The second-order valence-electron chi connectivity index (χ2n) is 10.1.